The molecule has 5 nitrogen and oxygen atoms in total. The third-order valence-electron chi connectivity index (χ3n) is 4.47. The molecule has 0 spiro atoms. The molecule has 3 rings (SSSR count). The molecule has 0 saturated carbocycles. The van der Waals surface area contributed by atoms with Crippen LogP contribution in [-0.2, 0) is 11.3 Å². The van der Waals surface area contributed by atoms with Crippen molar-refractivity contribution in [3.8, 4) is 5.75 Å². The second kappa shape index (κ2) is 10.2. The fourth-order valence-corrected chi connectivity index (χ4v) is 3.35. The number of fused-ring (bicyclic) bond motifs is 2. The molecule has 3 unspecified atom stereocenters. The molecular formula is C18H26F2IN3O2. The summed E-state index contributed by atoms with van der Waals surface area (Å²) in [7, 11) is 0. The summed E-state index contributed by atoms with van der Waals surface area (Å²) >= 11 is 0. The van der Waals surface area contributed by atoms with Crippen molar-refractivity contribution < 1.29 is 18.3 Å². The zero-order valence-corrected chi connectivity index (χ0v) is 17.1. The van der Waals surface area contributed by atoms with Crippen LogP contribution in [0.1, 0.15) is 31.7 Å². The second-order valence-electron chi connectivity index (χ2n) is 6.41. The van der Waals surface area contributed by atoms with E-state index in [1.807, 2.05) is 13.0 Å². The van der Waals surface area contributed by atoms with Crippen molar-refractivity contribution in [1.29, 1.82) is 0 Å². The minimum absolute atomic E-state index is 0. The Balaban J connectivity index is 0.00000243. The fraction of sp³-hybridized carbons (Fsp3) is 0.611. The van der Waals surface area contributed by atoms with Crippen molar-refractivity contribution in [3.05, 3.63) is 29.8 Å². The van der Waals surface area contributed by atoms with Crippen molar-refractivity contribution in [2.75, 3.05) is 13.2 Å². The van der Waals surface area contributed by atoms with Crippen LogP contribution >= 0.6 is 24.0 Å². The van der Waals surface area contributed by atoms with Crippen LogP contribution in [0.2, 0.25) is 0 Å². The molecular weight excluding hydrogens is 455 g/mol. The van der Waals surface area contributed by atoms with Gasteiger partial charge < -0.3 is 20.1 Å². The van der Waals surface area contributed by atoms with Crippen molar-refractivity contribution in [2.45, 2.75) is 57.4 Å². The van der Waals surface area contributed by atoms with Gasteiger partial charge in [-0.2, -0.15) is 0 Å². The Bertz CT molecular complexity index is 604. The molecule has 0 aliphatic carbocycles. The highest BCUT2D eigenvalue weighted by atomic mass is 127. The third kappa shape index (κ3) is 5.94. The van der Waals surface area contributed by atoms with E-state index in [4.69, 9.17) is 9.47 Å². The maximum absolute atomic E-state index is 12.2. The SMILES string of the molecule is CCNC(=NCc1cccc(OCC(F)F)c1)NC1CC2CCC1O2.I. The van der Waals surface area contributed by atoms with Crippen molar-refractivity contribution >= 4 is 29.9 Å². The summed E-state index contributed by atoms with van der Waals surface area (Å²) < 4.78 is 35.4. The molecule has 2 aliphatic heterocycles. The zero-order chi connectivity index (χ0) is 17.6. The molecule has 2 heterocycles. The maximum Gasteiger partial charge on any atom is 0.272 e. The number of halogens is 3. The Morgan fingerprint density at radius 2 is 2.23 bits per heavy atom. The molecule has 2 saturated heterocycles. The summed E-state index contributed by atoms with van der Waals surface area (Å²) in [5, 5.41) is 6.70. The first-order chi connectivity index (χ1) is 12.1. The van der Waals surface area contributed by atoms with Crippen molar-refractivity contribution in [2.24, 2.45) is 4.99 Å². The van der Waals surface area contributed by atoms with Gasteiger partial charge in [0.1, 0.15) is 12.4 Å². The normalized spacial score (nSPS) is 24.5. The van der Waals surface area contributed by atoms with E-state index in [9.17, 15) is 8.78 Å². The number of hydrogen-bond donors (Lipinski definition) is 2. The van der Waals surface area contributed by atoms with Crippen LogP contribution in [0.25, 0.3) is 0 Å². The first-order valence-electron chi connectivity index (χ1n) is 8.84. The van der Waals surface area contributed by atoms with Gasteiger partial charge in [-0.15, -0.1) is 24.0 Å². The highest BCUT2D eigenvalue weighted by molar-refractivity contribution is 14.0. The lowest BCUT2D eigenvalue weighted by Crippen LogP contribution is -2.47. The Labute approximate surface area is 169 Å². The van der Waals surface area contributed by atoms with Crippen LogP contribution in [0.15, 0.2) is 29.3 Å². The van der Waals surface area contributed by atoms with E-state index in [1.54, 1.807) is 18.2 Å². The quantitative estimate of drug-likeness (QED) is 0.357. The molecule has 0 aromatic heterocycles. The standard InChI is InChI=1S/C18H25F2N3O2.HI/c1-2-21-18(23-15-9-14-6-7-16(15)25-14)22-10-12-4-3-5-13(8-12)24-11-17(19)20;/h3-5,8,14-17H,2,6-7,9-11H2,1H3,(H2,21,22,23);1H. The van der Waals surface area contributed by atoms with E-state index in [-0.39, 0.29) is 30.1 Å². The Kier molecular flexibility index (Phi) is 8.33. The molecule has 0 radical (unpaired) electrons. The number of rotatable bonds is 7. The van der Waals surface area contributed by atoms with E-state index in [1.165, 1.54) is 0 Å². The Morgan fingerprint density at radius 3 is 2.88 bits per heavy atom. The van der Waals surface area contributed by atoms with E-state index < -0.39 is 13.0 Å². The lowest BCUT2D eigenvalue weighted by atomic mass is 9.96. The molecule has 26 heavy (non-hydrogen) atoms. The smallest absolute Gasteiger partial charge is 0.272 e. The highest BCUT2D eigenvalue weighted by Crippen LogP contribution is 2.34. The summed E-state index contributed by atoms with van der Waals surface area (Å²) in [5.74, 6) is 1.19. The van der Waals surface area contributed by atoms with Crippen LogP contribution in [0.5, 0.6) is 5.75 Å². The number of aliphatic imine (C=N–C) groups is 1. The van der Waals surface area contributed by atoms with Gasteiger partial charge in [-0.3, -0.25) is 0 Å². The van der Waals surface area contributed by atoms with Gasteiger partial charge in [0.25, 0.3) is 6.43 Å². The van der Waals surface area contributed by atoms with Gasteiger partial charge in [-0.05, 0) is 43.9 Å². The number of ether oxygens (including phenoxy) is 2. The monoisotopic (exact) mass is 481 g/mol. The molecule has 146 valence electrons. The maximum atomic E-state index is 12.2. The van der Waals surface area contributed by atoms with Gasteiger partial charge in [0.15, 0.2) is 5.96 Å². The predicted molar refractivity (Wildman–Crippen MR) is 108 cm³/mol. The summed E-state index contributed by atoms with van der Waals surface area (Å²) in [5.41, 5.74) is 0.910. The Hall–Kier alpha value is -1.16. The lowest BCUT2D eigenvalue weighted by Gasteiger charge is -2.22. The fourth-order valence-electron chi connectivity index (χ4n) is 3.35. The lowest BCUT2D eigenvalue weighted by molar-refractivity contribution is 0.0818. The highest BCUT2D eigenvalue weighted by Gasteiger charge is 2.41. The van der Waals surface area contributed by atoms with Crippen LogP contribution in [0.3, 0.4) is 0 Å². The molecule has 1 aromatic carbocycles. The summed E-state index contributed by atoms with van der Waals surface area (Å²) in [6, 6.07) is 7.41. The second-order valence-corrected chi connectivity index (χ2v) is 6.41. The van der Waals surface area contributed by atoms with Gasteiger partial charge in [0.2, 0.25) is 0 Å². The average Bonchev–Trinajstić information content (AvgIpc) is 3.21. The van der Waals surface area contributed by atoms with E-state index >= 15 is 0 Å². The topological polar surface area (TPSA) is 54.9 Å². The zero-order valence-electron chi connectivity index (χ0n) is 14.8. The number of hydrogen-bond acceptors (Lipinski definition) is 3. The average molecular weight is 481 g/mol. The molecule has 2 aliphatic rings. The minimum Gasteiger partial charge on any atom is -0.488 e. The van der Waals surface area contributed by atoms with Crippen LogP contribution in [0.4, 0.5) is 8.78 Å². The van der Waals surface area contributed by atoms with E-state index in [2.05, 4.69) is 15.6 Å². The summed E-state index contributed by atoms with van der Waals surface area (Å²) in [6.45, 7) is 2.64. The predicted octanol–water partition coefficient (Wildman–Crippen LogP) is 3.32. The van der Waals surface area contributed by atoms with Gasteiger partial charge in [0, 0.05) is 6.54 Å². The van der Waals surface area contributed by atoms with Crippen molar-refractivity contribution in [1.82, 2.24) is 10.6 Å². The number of benzene rings is 1. The molecule has 2 fully saturated rings. The molecule has 0 amide bonds. The van der Waals surface area contributed by atoms with Gasteiger partial charge in [-0.25, -0.2) is 13.8 Å². The van der Waals surface area contributed by atoms with E-state index in [0.29, 0.717) is 24.4 Å². The Morgan fingerprint density at radius 1 is 1.38 bits per heavy atom. The molecule has 3 atom stereocenters. The number of nitrogens with one attached hydrogen (secondary N) is 2. The number of guanidine groups is 1. The minimum atomic E-state index is -2.48. The van der Waals surface area contributed by atoms with Crippen LogP contribution in [-0.4, -0.2) is 43.8 Å². The largest absolute Gasteiger partial charge is 0.488 e. The van der Waals surface area contributed by atoms with Crippen LogP contribution < -0.4 is 15.4 Å². The van der Waals surface area contributed by atoms with Crippen LogP contribution in [0, 0.1) is 0 Å². The third-order valence-corrected chi connectivity index (χ3v) is 4.47. The summed E-state index contributed by atoms with van der Waals surface area (Å²) in [6.07, 6.45) is 1.46. The molecule has 8 heteroatoms. The number of nitrogens with zero attached hydrogens (tertiary/aromatic N) is 1. The van der Waals surface area contributed by atoms with Gasteiger partial charge in [0.05, 0.1) is 24.8 Å². The molecule has 1 aromatic rings. The number of alkyl halides is 2. The van der Waals surface area contributed by atoms with Gasteiger partial charge >= 0.3 is 0 Å². The van der Waals surface area contributed by atoms with Gasteiger partial charge in [-0.1, -0.05) is 12.1 Å². The van der Waals surface area contributed by atoms with E-state index in [0.717, 1.165) is 37.3 Å². The molecule has 2 N–H and O–H groups in total. The van der Waals surface area contributed by atoms with Crippen molar-refractivity contribution in [3.63, 3.8) is 0 Å². The first-order valence-corrected chi connectivity index (χ1v) is 8.84. The molecule has 2 bridgehead atoms. The summed E-state index contributed by atoms with van der Waals surface area (Å²) in [4.78, 5) is 4.60. The first kappa shape index (κ1) is 21.1.